The van der Waals surface area contributed by atoms with Gasteiger partial charge in [-0.3, -0.25) is 0 Å². The van der Waals surface area contributed by atoms with E-state index in [2.05, 4.69) is 0 Å². The summed E-state index contributed by atoms with van der Waals surface area (Å²) in [5.41, 5.74) is 0.528. The monoisotopic (exact) mass is 268 g/mol. The highest BCUT2D eigenvalue weighted by Gasteiger charge is 2.21. The molecule has 2 rings (SSSR count). The smallest absolute Gasteiger partial charge is 0.347 e. The molecule has 1 heterocycles. The van der Waals surface area contributed by atoms with E-state index in [1.165, 1.54) is 0 Å². The van der Waals surface area contributed by atoms with Gasteiger partial charge in [-0.25, -0.2) is 4.79 Å². The quantitative estimate of drug-likeness (QED) is 0.810. The van der Waals surface area contributed by atoms with Crippen LogP contribution < -0.4 is 14.2 Å². The molecule has 0 bridgehead atoms. The van der Waals surface area contributed by atoms with Crippen molar-refractivity contribution in [3.8, 4) is 17.2 Å². The van der Waals surface area contributed by atoms with E-state index in [9.17, 15) is 9.90 Å². The van der Waals surface area contributed by atoms with Gasteiger partial charge in [0.25, 0.3) is 0 Å². The van der Waals surface area contributed by atoms with Crippen molar-refractivity contribution in [1.29, 1.82) is 0 Å². The van der Waals surface area contributed by atoms with Gasteiger partial charge in [-0.1, -0.05) is 0 Å². The second kappa shape index (κ2) is 5.79. The maximum absolute atomic E-state index is 11.5. The van der Waals surface area contributed by atoms with Crippen LogP contribution >= 0.6 is 0 Å². The summed E-state index contributed by atoms with van der Waals surface area (Å²) < 4.78 is 20.8. The Kier molecular flexibility index (Phi) is 4.11. The average Bonchev–Trinajstić information content (AvgIpc) is 2.85. The van der Waals surface area contributed by atoms with Crippen LogP contribution in [-0.2, 0) is 16.1 Å². The molecule has 1 aliphatic heterocycles. The Hall–Kier alpha value is -1.95. The van der Waals surface area contributed by atoms with Crippen LogP contribution in [-0.4, -0.2) is 30.6 Å². The first-order chi connectivity index (χ1) is 9.15. The predicted octanol–water partition coefficient (Wildman–Crippen LogP) is 1.24. The van der Waals surface area contributed by atoms with Gasteiger partial charge >= 0.3 is 5.97 Å². The van der Waals surface area contributed by atoms with Crippen LogP contribution in [0.15, 0.2) is 12.1 Å². The molecule has 6 nitrogen and oxygen atoms in total. The van der Waals surface area contributed by atoms with Gasteiger partial charge < -0.3 is 24.1 Å². The van der Waals surface area contributed by atoms with Gasteiger partial charge in [0.05, 0.1) is 13.2 Å². The SMILES string of the molecule is CCOC(=O)C(C)Oc1cc2c(cc1CO)OCO2. The molecular weight excluding hydrogens is 252 g/mol. The molecule has 19 heavy (non-hydrogen) atoms. The van der Waals surface area contributed by atoms with E-state index in [1.54, 1.807) is 26.0 Å². The van der Waals surface area contributed by atoms with Crippen LogP contribution in [0, 0.1) is 0 Å². The van der Waals surface area contributed by atoms with Crippen molar-refractivity contribution in [3.63, 3.8) is 0 Å². The van der Waals surface area contributed by atoms with Crippen LogP contribution in [0.25, 0.3) is 0 Å². The van der Waals surface area contributed by atoms with Crippen molar-refractivity contribution < 1.29 is 28.8 Å². The van der Waals surface area contributed by atoms with E-state index < -0.39 is 12.1 Å². The van der Waals surface area contributed by atoms with E-state index in [0.29, 0.717) is 29.4 Å². The molecule has 1 N–H and O–H groups in total. The topological polar surface area (TPSA) is 74.2 Å². The molecule has 1 aromatic carbocycles. The zero-order valence-corrected chi connectivity index (χ0v) is 10.8. The minimum Gasteiger partial charge on any atom is -0.479 e. The number of rotatable bonds is 5. The molecule has 1 aliphatic rings. The van der Waals surface area contributed by atoms with Gasteiger partial charge in [-0.05, 0) is 19.9 Å². The van der Waals surface area contributed by atoms with Crippen molar-refractivity contribution in [2.75, 3.05) is 13.4 Å². The molecule has 1 unspecified atom stereocenters. The minimum atomic E-state index is -0.759. The van der Waals surface area contributed by atoms with Gasteiger partial charge in [0.2, 0.25) is 6.79 Å². The first-order valence-corrected chi connectivity index (χ1v) is 6.02. The molecule has 0 aliphatic carbocycles. The number of aliphatic hydroxyl groups is 1. The van der Waals surface area contributed by atoms with E-state index in [4.69, 9.17) is 18.9 Å². The number of esters is 1. The highest BCUT2D eigenvalue weighted by atomic mass is 16.7. The van der Waals surface area contributed by atoms with Crippen LogP contribution in [0.3, 0.4) is 0 Å². The summed E-state index contributed by atoms with van der Waals surface area (Å²) in [6, 6.07) is 3.24. The maximum atomic E-state index is 11.5. The Morgan fingerprint density at radius 3 is 2.74 bits per heavy atom. The van der Waals surface area contributed by atoms with Gasteiger partial charge in [-0.2, -0.15) is 0 Å². The predicted molar refractivity (Wildman–Crippen MR) is 65.2 cm³/mol. The summed E-state index contributed by atoms with van der Waals surface area (Å²) >= 11 is 0. The second-order valence-corrected chi connectivity index (χ2v) is 3.98. The normalized spacial score (nSPS) is 14.1. The summed E-state index contributed by atoms with van der Waals surface area (Å²) in [6.45, 7) is 3.52. The lowest BCUT2D eigenvalue weighted by atomic mass is 10.2. The molecule has 6 heteroatoms. The molecule has 0 fully saturated rings. The Bertz CT molecular complexity index is 470. The van der Waals surface area contributed by atoms with Crippen molar-refractivity contribution >= 4 is 5.97 Å². The number of carbonyl (C=O) groups is 1. The van der Waals surface area contributed by atoms with Gasteiger partial charge in [-0.15, -0.1) is 0 Å². The van der Waals surface area contributed by atoms with Crippen molar-refractivity contribution in [2.45, 2.75) is 26.6 Å². The van der Waals surface area contributed by atoms with Crippen LogP contribution in [0.4, 0.5) is 0 Å². The summed E-state index contributed by atoms with van der Waals surface area (Å²) in [6.07, 6.45) is -0.759. The third kappa shape index (κ3) is 2.90. The Morgan fingerprint density at radius 1 is 1.42 bits per heavy atom. The van der Waals surface area contributed by atoms with Gasteiger partial charge in [0.15, 0.2) is 17.6 Å². The molecule has 1 aromatic rings. The molecule has 0 radical (unpaired) electrons. The lowest BCUT2D eigenvalue weighted by Crippen LogP contribution is -2.26. The largest absolute Gasteiger partial charge is 0.479 e. The Balaban J connectivity index is 2.17. The third-order valence-electron chi connectivity index (χ3n) is 2.65. The molecule has 1 atom stereocenters. The van der Waals surface area contributed by atoms with Crippen molar-refractivity contribution in [1.82, 2.24) is 0 Å². The first kappa shape index (κ1) is 13.5. The summed E-state index contributed by atoms with van der Waals surface area (Å²) in [4.78, 5) is 11.5. The number of aliphatic hydroxyl groups excluding tert-OH is 1. The van der Waals surface area contributed by atoms with E-state index in [-0.39, 0.29) is 13.4 Å². The molecular formula is C13H16O6. The number of fused-ring (bicyclic) bond motifs is 1. The molecule has 0 saturated carbocycles. The zero-order chi connectivity index (χ0) is 13.8. The summed E-state index contributed by atoms with van der Waals surface area (Å²) in [7, 11) is 0. The van der Waals surface area contributed by atoms with Crippen LogP contribution in [0.5, 0.6) is 17.2 Å². The zero-order valence-electron chi connectivity index (χ0n) is 10.8. The molecule has 0 spiro atoms. The average molecular weight is 268 g/mol. The van der Waals surface area contributed by atoms with Crippen molar-refractivity contribution in [2.24, 2.45) is 0 Å². The third-order valence-corrected chi connectivity index (χ3v) is 2.65. The fourth-order valence-corrected chi connectivity index (χ4v) is 1.70. The van der Waals surface area contributed by atoms with E-state index in [0.717, 1.165) is 0 Å². The lowest BCUT2D eigenvalue weighted by molar-refractivity contribution is -0.150. The van der Waals surface area contributed by atoms with Gasteiger partial charge in [0.1, 0.15) is 5.75 Å². The number of carbonyl (C=O) groups excluding carboxylic acids is 1. The molecule has 104 valence electrons. The highest BCUT2D eigenvalue weighted by molar-refractivity contribution is 5.74. The second-order valence-electron chi connectivity index (χ2n) is 3.98. The lowest BCUT2D eigenvalue weighted by Gasteiger charge is -2.16. The summed E-state index contributed by atoms with van der Waals surface area (Å²) in [5.74, 6) is 1.01. The molecule has 0 aromatic heterocycles. The van der Waals surface area contributed by atoms with Crippen LogP contribution in [0.1, 0.15) is 19.4 Å². The van der Waals surface area contributed by atoms with E-state index in [1.807, 2.05) is 0 Å². The molecule has 0 amide bonds. The standard InChI is InChI=1S/C13H16O6/c1-3-16-13(15)8(2)19-10-5-12-11(17-7-18-12)4-9(10)6-14/h4-5,8,14H,3,6-7H2,1-2H3. The number of benzene rings is 1. The highest BCUT2D eigenvalue weighted by Crippen LogP contribution is 2.38. The van der Waals surface area contributed by atoms with Crippen molar-refractivity contribution in [3.05, 3.63) is 17.7 Å². The van der Waals surface area contributed by atoms with Gasteiger partial charge in [0, 0.05) is 11.6 Å². The Labute approximate surface area is 110 Å². The fraction of sp³-hybridized carbons (Fsp3) is 0.462. The Morgan fingerprint density at radius 2 is 2.11 bits per heavy atom. The first-order valence-electron chi connectivity index (χ1n) is 6.02. The van der Waals surface area contributed by atoms with Crippen LogP contribution in [0.2, 0.25) is 0 Å². The fourth-order valence-electron chi connectivity index (χ4n) is 1.70. The number of hydrogen-bond acceptors (Lipinski definition) is 6. The maximum Gasteiger partial charge on any atom is 0.347 e. The van der Waals surface area contributed by atoms with E-state index >= 15 is 0 Å². The number of hydrogen-bond donors (Lipinski definition) is 1. The number of ether oxygens (including phenoxy) is 4. The summed E-state index contributed by atoms with van der Waals surface area (Å²) in [5, 5.41) is 9.31. The molecule has 0 saturated heterocycles. The minimum absolute atomic E-state index is 0.136.